The Morgan fingerprint density at radius 2 is 1.74 bits per heavy atom. The first-order valence-electron chi connectivity index (χ1n) is 13.5. The first-order valence-corrected chi connectivity index (χ1v) is 13.5. The number of hydrogen-bond donors (Lipinski definition) is 1. The number of piperazine rings is 1. The van der Waals surface area contributed by atoms with E-state index >= 15 is 0 Å². The van der Waals surface area contributed by atoms with Crippen molar-refractivity contribution in [1.82, 2.24) is 29.7 Å². The highest BCUT2D eigenvalue weighted by atomic mass is 16.6. The minimum atomic E-state index is -0.433. The van der Waals surface area contributed by atoms with E-state index in [4.69, 9.17) is 4.74 Å². The van der Waals surface area contributed by atoms with Crippen molar-refractivity contribution < 1.29 is 14.3 Å². The van der Waals surface area contributed by atoms with Gasteiger partial charge >= 0.3 is 6.09 Å². The van der Waals surface area contributed by atoms with Gasteiger partial charge in [-0.15, -0.1) is 0 Å². The van der Waals surface area contributed by atoms with E-state index in [9.17, 15) is 9.59 Å². The zero-order valence-corrected chi connectivity index (χ0v) is 22.3. The summed E-state index contributed by atoms with van der Waals surface area (Å²) in [5.74, 6) is 0.722. The lowest BCUT2D eigenvalue weighted by Crippen LogP contribution is -2.49. The van der Waals surface area contributed by atoms with Gasteiger partial charge in [0.05, 0.1) is 17.6 Å². The molecule has 1 unspecified atom stereocenters. The van der Waals surface area contributed by atoms with E-state index in [0.29, 0.717) is 30.9 Å². The fourth-order valence-electron chi connectivity index (χ4n) is 5.05. The second-order valence-corrected chi connectivity index (χ2v) is 10.3. The topological polar surface area (TPSA) is 104 Å². The average Bonchev–Trinajstić information content (AvgIpc) is 2.95. The van der Waals surface area contributed by atoms with Gasteiger partial charge in [0.1, 0.15) is 0 Å². The number of piperidine rings is 1. The Bertz CT molecular complexity index is 1230. The summed E-state index contributed by atoms with van der Waals surface area (Å²) in [6, 6.07) is 11.0. The van der Waals surface area contributed by atoms with Crippen LogP contribution in [0.1, 0.15) is 41.4 Å². The molecule has 2 aliphatic heterocycles. The SMILES string of the molecule is CC1CCCN(Cc2ccc(C(=O)Nc3ccc(OC(=O)N4CCN(Cc5cnccn5)CC4)nc3)cc2)C1. The summed E-state index contributed by atoms with van der Waals surface area (Å²) < 4.78 is 5.45. The lowest BCUT2D eigenvalue weighted by atomic mass is 9.99. The predicted octanol–water partition coefficient (Wildman–Crippen LogP) is 3.67. The molecule has 2 aromatic heterocycles. The lowest BCUT2D eigenvalue weighted by molar-refractivity contribution is 0.102. The van der Waals surface area contributed by atoms with Gasteiger partial charge < -0.3 is 15.0 Å². The van der Waals surface area contributed by atoms with Crippen LogP contribution in [-0.2, 0) is 13.1 Å². The Morgan fingerprint density at radius 3 is 2.44 bits per heavy atom. The maximum atomic E-state index is 12.7. The molecule has 10 nitrogen and oxygen atoms in total. The van der Waals surface area contributed by atoms with Crippen molar-refractivity contribution in [2.45, 2.75) is 32.9 Å². The second-order valence-electron chi connectivity index (χ2n) is 10.3. The predicted molar refractivity (Wildman–Crippen MR) is 147 cm³/mol. The molecule has 3 aromatic rings. The van der Waals surface area contributed by atoms with Gasteiger partial charge in [0.15, 0.2) is 0 Å². The normalized spacial score (nSPS) is 18.5. The zero-order valence-electron chi connectivity index (χ0n) is 22.3. The van der Waals surface area contributed by atoms with E-state index < -0.39 is 6.09 Å². The van der Waals surface area contributed by atoms with E-state index in [1.54, 1.807) is 35.6 Å². The Labute approximate surface area is 229 Å². The van der Waals surface area contributed by atoms with Crippen LogP contribution in [0.5, 0.6) is 5.88 Å². The largest absolute Gasteiger partial charge is 0.416 e. The number of aromatic nitrogens is 3. The number of ether oxygens (including phenoxy) is 1. The Balaban J connectivity index is 1.06. The van der Waals surface area contributed by atoms with Crippen LogP contribution in [0.2, 0.25) is 0 Å². The van der Waals surface area contributed by atoms with Gasteiger partial charge in [-0.05, 0) is 49.1 Å². The summed E-state index contributed by atoms with van der Waals surface area (Å²) in [7, 11) is 0. The molecule has 4 heterocycles. The number of carbonyl (C=O) groups excluding carboxylic acids is 2. The summed E-state index contributed by atoms with van der Waals surface area (Å²) in [6.07, 6.45) is 8.70. The molecule has 1 N–H and O–H groups in total. The molecule has 2 fully saturated rings. The van der Waals surface area contributed by atoms with Crippen molar-refractivity contribution in [2.75, 3.05) is 44.6 Å². The number of amides is 2. The maximum Gasteiger partial charge on any atom is 0.416 e. The molecule has 10 heteroatoms. The summed E-state index contributed by atoms with van der Waals surface area (Å²) in [6.45, 7) is 8.74. The number of anilines is 1. The highest BCUT2D eigenvalue weighted by Crippen LogP contribution is 2.19. The minimum Gasteiger partial charge on any atom is -0.391 e. The molecule has 1 atom stereocenters. The molecule has 2 amide bonds. The molecule has 1 aromatic carbocycles. The maximum absolute atomic E-state index is 12.7. The number of nitrogens with zero attached hydrogens (tertiary/aromatic N) is 6. The third-order valence-electron chi connectivity index (χ3n) is 7.18. The summed E-state index contributed by atoms with van der Waals surface area (Å²) >= 11 is 0. The number of hydrogen-bond acceptors (Lipinski definition) is 8. The first-order chi connectivity index (χ1) is 19.0. The van der Waals surface area contributed by atoms with Crippen LogP contribution in [0.3, 0.4) is 0 Å². The first kappa shape index (κ1) is 26.7. The van der Waals surface area contributed by atoms with Gasteiger partial charge in [-0.25, -0.2) is 9.78 Å². The van der Waals surface area contributed by atoms with E-state index in [0.717, 1.165) is 44.3 Å². The molecule has 0 spiro atoms. The molecule has 204 valence electrons. The lowest BCUT2D eigenvalue weighted by Gasteiger charge is -2.33. The smallest absolute Gasteiger partial charge is 0.391 e. The quantitative estimate of drug-likeness (QED) is 0.495. The highest BCUT2D eigenvalue weighted by Gasteiger charge is 2.23. The molecule has 2 aliphatic rings. The number of likely N-dealkylation sites (tertiary alicyclic amines) is 1. The van der Waals surface area contributed by atoms with E-state index in [2.05, 4.69) is 37.0 Å². The summed E-state index contributed by atoms with van der Waals surface area (Å²) in [5, 5.41) is 2.86. The standard InChI is InChI=1S/C29H35N7O3/c1-22-3-2-12-35(19-22)20-23-4-6-24(7-5-23)28(37)33-25-8-9-27(32-18-25)39-29(38)36-15-13-34(14-16-36)21-26-17-30-10-11-31-26/h4-11,17-18,22H,2-3,12-16,19-21H2,1H3,(H,33,37). The number of carbonyl (C=O) groups is 2. The van der Waals surface area contributed by atoms with Crippen LogP contribution in [-0.4, -0.2) is 80.9 Å². The average molecular weight is 530 g/mol. The van der Waals surface area contributed by atoms with Crippen LogP contribution in [0.25, 0.3) is 0 Å². The molecule has 2 saturated heterocycles. The Morgan fingerprint density at radius 1 is 0.923 bits per heavy atom. The third-order valence-corrected chi connectivity index (χ3v) is 7.18. The van der Waals surface area contributed by atoms with Crippen LogP contribution in [0.15, 0.2) is 61.2 Å². The van der Waals surface area contributed by atoms with E-state index in [1.165, 1.54) is 24.6 Å². The molecular formula is C29H35N7O3. The van der Waals surface area contributed by atoms with Crippen molar-refractivity contribution >= 4 is 17.7 Å². The molecular weight excluding hydrogens is 494 g/mol. The van der Waals surface area contributed by atoms with Crippen LogP contribution in [0.4, 0.5) is 10.5 Å². The fourth-order valence-corrected chi connectivity index (χ4v) is 5.05. The van der Waals surface area contributed by atoms with Crippen molar-refractivity contribution in [3.63, 3.8) is 0 Å². The third kappa shape index (κ3) is 7.58. The van der Waals surface area contributed by atoms with Crippen LogP contribution < -0.4 is 10.1 Å². The van der Waals surface area contributed by atoms with Gasteiger partial charge in [0, 0.05) is 76.0 Å². The van der Waals surface area contributed by atoms with Gasteiger partial charge in [-0.3, -0.25) is 24.6 Å². The molecule has 39 heavy (non-hydrogen) atoms. The van der Waals surface area contributed by atoms with Gasteiger partial charge in [-0.1, -0.05) is 19.1 Å². The van der Waals surface area contributed by atoms with Crippen LogP contribution >= 0.6 is 0 Å². The van der Waals surface area contributed by atoms with Crippen LogP contribution in [0, 0.1) is 5.92 Å². The monoisotopic (exact) mass is 529 g/mol. The van der Waals surface area contributed by atoms with E-state index in [1.807, 2.05) is 24.3 Å². The molecule has 0 radical (unpaired) electrons. The van der Waals surface area contributed by atoms with Crippen molar-refractivity contribution in [3.05, 3.63) is 78.0 Å². The minimum absolute atomic E-state index is 0.191. The molecule has 5 rings (SSSR count). The molecule has 0 bridgehead atoms. The number of rotatable bonds is 7. The molecule has 0 aliphatic carbocycles. The highest BCUT2D eigenvalue weighted by molar-refractivity contribution is 6.04. The van der Waals surface area contributed by atoms with Gasteiger partial charge in [0.2, 0.25) is 5.88 Å². The van der Waals surface area contributed by atoms with E-state index in [-0.39, 0.29) is 11.8 Å². The second kappa shape index (κ2) is 12.8. The van der Waals surface area contributed by atoms with Crippen molar-refractivity contribution in [3.8, 4) is 5.88 Å². The number of nitrogens with one attached hydrogen (secondary N) is 1. The zero-order chi connectivity index (χ0) is 27.0. The summed E-state index contributed by atoms with van der Waals surface area (Å²) in [4.78, 5) is 44.3. The number of pyridine rings is 1. The van der Waals surface area contributed by atoms with Gasteiger partial charge in [-0.2, -0.15) is 0 Å². The fraction of sp³-hybridized carbons (Fsp3) is 0.414. The summed E-state index contributed by atoms with van der Waals surface area (Å²) in [5.41, 5.74) is 3.23. The van der Waals surface area contributed by atoms with Gasteiger partial charge in [0.25, 0.3) is 5.91 Å². The Kier molecular flexibility index (Phi) is 8.75. The van der Waals surface area contributed by atoms with Crippen molar-refractivity contribution in [2.24, 2.45) is 5.92 Å². The van der Waals surface area contributed by atoms with Crippen molar-refractivity contribution in [1.29, 1.82) is 0 Å². The molecule has 0 saturated carbocycles. The number of benzene rings is 1. The Hall–Kier alpha value is -3.89.